The summed E-state index contributed by atoms with van der Waals surface area (Å²) in [6.45, 7) is -25.9. The number of benzene rings is 4. The zero-order chi connectivity index (χ0) is 145. The smallest absolute Gasteiger partial charge is 0.277 e. The molecular formula is C100H144N24O16S4. The van der Waals surface area contributed by atoms with E-state index < -0.39 is 329 Å². The van der Waals surface area contributed by atoms with Gasteiger partial charge in [-0.3, -0.25) is 37.9 Å². The third-order valence-corrected chi connectivity index (χ3v) is 27.9. The van der Waals surface area contributed by atoms with E-state index in [-0.39, 0.29) is 177 Å². The lowest BCUT2D eigenvalue weighted by Crippen LogP contribution is -2.31. The summed E-state index contributed by atoms with van der Waals surface area (Å²) in [5.74, 6) is -1.15. The highest BCUT2D eigenvalue weighted by Crippen LogP contribution is 2.38. The predicted molar refractivity (Wildman–Crippen MR) is 559 cm³/mol. The van der Waals surface area contributed by atoms with Gasteiger partial charge < -0.3 is 58.5 Å². The van der Waals surface area contributed by atoms with Gasteiger partial charge in [-0.05, 0) is 255 Å². The lowest BCUT2D eigenvalue weighted by molar-refractivity contribution is 0.297. The number of hydrogen-bond acceptors (Lipinski definition) is 28. The number of H-pyrrole nitrogens is 4. The van der Waals surface area contributed by atoms with Crippen molar-refractivity contribution in [2.75, 3.05) is 107 Å². The molecule has 144 heavy (non-hydrogen) atoms. The summed E-state index contributed by atoms with van der Waals surface area (Å²) < 4.78 is 532. The van der Waals surface area contributed by atoms with Crippen LogP contribution in [0.3, 0.4) is 0 Å². The van der Waals surface area contributed by atoms with E-state index in [0.717, 1.165) is 62.1 Å². The Labute approximate surface area is 911 Å². The molecule has 44 heteroatoms. The molecule has 40 nitrogen and oxygen atoms in total. The molecule has 4 aliphatic heterocycles. The average molecular weight is 2120 g/mol. The van der Waals surface area contributed by atoms with E-state index in [4.69, 9.17) is 86.1 Å². The summed E-state index contributed by atoms with van der Waals surface area (Å²) in [5, 5.41) is 15.6. The number of aromatic nitrogens is 16. The first kappa shape index (κ1) is 61.5. The first-order valence-electron chi connectivity index (χ1n) is 70.2. The molecule has 4 aromatic carbocycles. The number of ether oxygens (including phenoxy) is 4. The zero-order valence-electron chi connectivity index (χ0n) is 128. The molecule has 5 atom stereocenters. The second-order valence-electron chi connectivity index (χ2n) is 32.7. The number of likely N-dealkylation sites (tertiary alicyclic amines) is 4. The molecule has 0 saturated carbocycles. The predicted octanol–water partition coefficient (Wildman–Crippen LogP) is 11.3. The summed E-state index contributed by atoms with van der Waals surface area (Å²) in [6, 6.07) is 8.84. The normalized spacial score (nSPS) is 23.8. The maximum Gasteiger partial charge on any atom is 0.277 e. The molecule has 16 rings (SSSR count). The highest BCUT2D eigenvalue weighted by Gasteiger charge is 2.32. The molecule has 4 saturated heterocycles. The average Bonchev–Trinajstić information content (AvgIpc) is 1.61. The van der Waals surface area contributed by atoms with Crippen LogP contribution < -0.4 is 60.1 Å². The van der Waals surface area contributed by atoms with Gasteiger partial charge in [0.25, 0.3) is 22.2 Å². The van der Waals surface area contributed by atoms with Crippen molar-refractivity contribution in [2.45, 2.75) is 253 Å². The Balaban J connectivity index is 0.000000208. The number of aryl methyl sites for hydroxylation is 8. The van der Waals surface area contributed by atoms with Gasteiger partial charge >= 0.3 is 0 Å². The summed E-state index contributed by atoms with van der Waals surface area (Å²) in [4.78, 5) is 82.3. The van der Waals surface area contributed by atoms with Crippen LogP contribution in [-0.2, 0) is 93.6 Å². The minimum Gasteiger partial charge on any atom is -0.493 e. The van der Waals surface area contributed by atoms with Crippen LogP contribution in [-0.4, -0.2) is 263 Å². The number of aromatic amines is 4. The standard InChI is InChI=1S/4C25H36N6O4S/c4*1-5-8-20-22-23(31(4)29-20)25(32)28-24(27-22)19-16-18(10-11-21(19)35-15-6-2)36(33,34)26-13-12-17-9-7-14-30(17)3/h4*10-11,16-17,26H,5-9,12-15H2,1-4H3,(H,27,28,32)/i1D3,3D3,4D3,8D2,12D2,13D2;1D3,3D3,4D3,8D2,12D2,13D;1D3,3D3,4D3,8D2,12D2;3D3,5D2,12D2. The summed E-state index contributed by atoms with van der Waals surface area (Å²) in [6.07, 6.45) is -19.7. The number of nitrogens with zero attached hydrogens (tertiary/aromatic N) is 16. The Hall–Kier alpha value is -11.0. The van der Waals surface area contributed by atoms with Crippen LogP contribution in [0.4, 0.5) is 0 Å². The van der Waals surface area contributed by atoms with E-state index in [2.05, 4.69) is 69.7 Å². The van der Waals surface area contributed by atoms with Gasteiger partial charge in [0.15, 0.2) is 22.1 Å². The molecular weight excluding hydrogens is 1920 g/mol. The molecule has 4 aliphatic rings. The van der Waals surface area contributed by atoms with Crippen molar-refractivity contribution in [3.63, 3.8) is 0 Å². The van der Waals surface area contributed by atoms with Gasteiger partial charge in [-0.15, -0.1) is 0 Å². The van der Waals surface area contributed by atoms with E-state index in [1.807, 2.05) is 11.6 Å². The highest BCUT2D eigenvalue weighted by atomic mass is 32.2. The summed E-state index contributed by atoms with van der Waals surface area (Å²) in [7, 11) is -17.0. The molecule has 0 aliphatic carbocycles. The number of hydrogen-bond donors (Lipinski definition) is 8. The molecule has 8 aromatic heterocycles. The monoisotopic (exact) mass is 2110 g/mol. The molecule has 8 N–H and O–H groups in total. The van der Waals surface area contributed by atoms with Gasteiger partial charge in [0.1, 0.15) is 68.4 Å². The maximum atomic E-state index is 13.7. The third kappa shape index (κ3) is 26.5. The number of nitrogens with one attached hydrogen (secondary N) is 8. The highest BCUT2D eigenvalue weighted by molar-refractivity contribution is 7.90. The fraction of sp³-hybridized carbons (Fsp3) is 0.560. The van der Waals surface area contributed by atoms with Crippen LogP contribution in [0.15, 0.2) is 112 Å². The van der Waals surface area contributed by atoms with Crippen molar-refractivity contribution in [1.29, 1.82) is 0 Å². The first-order valence-corrected chi connectivity index (χ1v) is 51.5. The van der Waals surface area contributed by atoms with E-state index in [9.17, 15) is 52.8 Å². The van der Waals surface area contributed by atoms with E-state index >= 15 is 0 Å². The van der Waals surface area contributed by atoms with Crippen LogP contribution in [0.5, 0.6) is 23.0 Å². The second kappa shape index (κ2) is 49.9. The summed E-state index contributed by atoms with van der Waals surface area (Å²) in [5.41, 5.74) is -10.0. The molecule has 0 radical (unpaired) electrons. The quantitative estimate of drug-likeness (QED) is 0.0176. The van der Waals surface area contributed by atoms with Gasteiger partial charge in [-0.2, -0.15) is 20.4 Å². The Morgan fingerprint density at radius 2 is 0.660 bits per heavy atom. The molecule has 12 heterocycles. The van der Waals surface area contributed by atoms with Crippen LogP contribution in [0.25, 0.3) is 89.7 Å². The number of fused-ring (bicyclic) bond motifs is 4. The largest absolute Gasteiger partial charge is 0.493 e. The fourth-order valence-corrected chi connectivity index (χ4v) is 19.2. The van der Waals surface area contributed by atoms with E-state index in [1.165, 1.54) is 41.9 Å². The van der Waals surface area contributed by atoms with Gasteiger partial charge in [0.05, 0.1) is 91.0 Å². The molecule has 784 valence electrons. The van der Waals surface area contributed by atoms with Crippen molar-refractivity contribution in [3.05, 3.63) is 137 Å². The number of sulfonamides is 4. The molecule has 0 spiro atoms. The van der Waals surface area contributed by atoms with Gasteiger partial charge in [0, 0.05) is 145 Å². The Bertz CT molecular complexity index is 9450. The maximum absolute atomic E-state index is 13.7. The lowest BCUT2D eigenvalue weighted by atomic mass is 10.1. The molecule has 0 amide bonds. The van der Waals surface area contributed by atoms with Crippen molar-refractivity contribution < 1.29 is 120 Å². The van der Waals surface area contributed by atoms with Crippen molar-refractivity contribution in [1.82, 2.24) is 117 Å². The molecule has 12 aromatic rings. The SMILES string of the molecule is [2H]C(NS(=O)(=O)c1ccc(OCCC)c(-c2nc3c(C([2H])([2H])CC([2H])([2H])[2H])nn(C([2H])([2H])[2H])c3c(=O)[nH]2)c1)C([2H])([2H])C1CCCN1C([2H])([2H])[2H].[2H]C([2H])(C)Cc1nn(C)c2c(=O)[nH]c(-c3cc(S(=O)(=O)NCC([2H])([2H])C4CCCN4C([2H])([2H])[2H])ccc3OCCC)nc12.[2H]C([2H])([2H])CC([2H])([2H])c1nn(C([2H])([2H])[2H])c2c(=O)[nH]c(-c3cc(S(=O)(=O)NC([2H])([2H])C([2H])([2H])C4CCCN4C([2H])([2H])[2H])ccc3OCCC)nc12.[2H]C([2H])([2H])CC([2H])([2H])c1nn(C([2H])([2H])[2H])c2c(=O)[nH]c(-c3cc(S(=O)(=O)NCC([2H])([2H])C4CCCN4C([2H])([2H])[2H])ccc3OCCC)nc12. The minimum absolute atomic E-state index is 0.0128. The topological polar surface area (TPSA) is 489 Å². The Morgan fingerprint density at radius 1 is 0.368 bits per heavy atom. The van der Waals surface area contributed by atoms with Crippen LogP contribution in [0, 0.1) is 0 Å². The van der Waals surface area contributed by atoms with Crippen LogP contribution >= 0.6 is 0 Å². The van der Waals surface area contributed by atoms with Crippen molar-refractivity contribution >= 4 is 84.2 Å². The second-order valence-corrected chi connectivity index (χ2v) is 39.6. The Morgan fingerprint density at radius 3 is 0.965 bits per heavy atom. The van der Waals surface area contributed by atoms with Crippen molar-refractivity contribution in [3.8, 4) is 68.5 Å². The fourth-order valence-electron chi connectivity index (χ4n) is 15.5. The van der Waals surface area contributed by atoms with Crippen LogP contribution in [0.2, 0.25) is 0 Å². The lowest BCUT2D eigenvalue weighted by Gasteiger charge is -2.19. The first-order chi connectivity index (χ1) is 87.9. The van der Waals surface area contributed by atoms with Gasteiger partial charge in [0.2, 0.25) is 40.1 Å². The zero-order valence-corrected chi connectivity index (χ0v) is 82.3. The third-order valence-electron chi connectivity index (χ3n) is 22.5. The van der Waals surface area contributed by atoms with Crippen molar-refractivity contribution in [2.24, 2.45) is 28.0 Å². The minimum atomic E-state index is -4.98. The van der Waals surface area contributed by atoms with E-state index in [0.29, 0.717) is 51.6 Å². The van der Waals surface area contributed by atoms with E-state index in [1.54, 1.807) is 32.5 Å². The number of rotatable bonds is 44. The molecule has 4 fully saturated rings. The van der Waals surface area contributed by atoms with Gasteiger partial charge in [-0.1, -0.05) is 80.8 Å². The molecule has 0 bridgehead atoms. The Kier molecular flexibility index (Phi) is 21.3. The van der Waals surface area contributed by atoms with Crippen LogP contribution in [0.1, 0.15) is 273 Å². The van der Waals surface area contributed by atoms with Gasteiger partial charge in [-0.25, -0.2) is 72.5 Å². The summed E-state index contributed by atoms with van der Waals surface area (Å²) >= 11 is 0. The molecule has 5 unspecified atom stereocenters.